The quantitative estimate of drug-likeness (QED) is 0.272. The number of hydrogen-bond donors (Lipinski definition) is 4. The molecular weight excluding hydrogens is 406 g/mol. The van der Waals surface area contributed by atoms with Crippen LogP contribution < -0.4 is 15.6 Å². The number of phenolic OH excluding ortho intramolecular Hbond substituents is 2. The van der Waals surface area contributed by atoms with Crippen molar-refractivity contribution in [1.82, 2.24) is 5.32 Å². The van der Waals surface area contributed by atoms with Crippen molar-refractivity contribution in [2.24, 2.45) is 5.73 Å². The number of nitrogens with zero attached hydrogens (tertiary/aromatic N) is 1. The molecule has 1 heterocycles. The standard InChI is InChI=1S/C16H17N3O5.CH4O3S/c17-15(22)12-2-1-7-19(9-12)10-24-16(23)18-6-5-11-3-4-13(20)14(21)8-11;1-5(2,3)4/h1-4,7-9H,5-6,10H2,(H4-,17,18,20,21,22,23);1H3,(H,2,3,4). The number of carbonyl (C=O) groups excluding carboxylic acids is 2. The van der Waals surface area contributed by atoms with Crippen LogP contribution >= 0.6 is 0 Å². The van der Waals surface area contributed by atoms with E-state index in [1.807, 2.05) is 0 Å². The predicted molar refractivity (Wildman–Crippen MR) is 98.7 cm³/mol. The van der Waals surface area contributed by atoms with Gasteiger partial charge in [-0.05, 0) is 30.2 Å². The van der Waals surface area contributed by atoms with Crippen molar-refractivity contribution in [1.29, 1.82) is 0 Å². The van der Waals surface area contributed by atoms with Gasteiger partial charge in [0.05, 0.1) is 10.1 Å². The van der Waals surface area contributed by atoms with Gasteiger partial charge in [0, 0.05) is 18.9 Å². The third-order valence-electron chi connectivity index (χ3n) is 3.21. The number of nitrogens with one attached hydrogen (secondary N) is 1. The lowest BCUT2D eigenvalue weighted by atomic mass is 10.1. The number of hydrogen-bond acceptors (Lipinski definition) is 8. The molecule has 0 aliphatic rings. The second-order valence-electron chi connectivity index (χ2n) is 5.74. The van der Waals surface area contributed by atoms with Gasteiger partial charge in [0.15, 0.2) is 23.9 Å². The summed E-state index contributed by atoms with van der Waals surface area (Å²) in [5.74, 6) is -0.965. The molecule has 0 radical (unpaired) electrons. The zero-order valence-electron chi connectivity index (χ0n) is 15.4. The van der Waals surface area contributed by atoms with Crippen molar-refractivity contribution in [2.45, 2.75) is 13.2 Å². The second-order valence-corrected chi connectivity index (χ2v) is 7.14. The molecule has 0 spiro atoms. The van der Waals surface area contributed by atoms with Crippen molar-refractivity contribution in [3.8, 4) is 11.5 Å². The number of ether oxygens (including phenoxy) is 1. The Hall–Kier alpha value is -3.38. The van der Waals surface area contributed by atoms with Crippen LogP contribution in [0.15, 0.2) is 42.7 Å². The van der Waals surface area contributed by atoms with E-state index < -0.39 is 22.1 Å². The van der Waals surface area contributed by atoms with Gasteiger partial charge in [0.1, 0.15) is 5.56 Å². The first-order valence-corrected chi connectivity index (χ1v) is 9.88. The van der Waals surface area contributed by atoms with E-state index in [0.29, 0.717) is 24.8 Å². The number of amides is 2. The van der Waals surface area contributed by atoms with Crippen LogP contribution in [-0.2, 0) is 28.0 Å². The highest BCUT2D eigenvalue weighted by Gasteiger charge is 2.10. The first kappa shape index (κ1) is 23.7. The Balaban J connectivity index is 0.000000749. The summed E-state index contributed by atoms with van der Waals surface area (Å²) in [7, 11) is -3.92. The fourth-order valence-electron chi connectivity index (χ4n) is 1.97. The minimum Gasteiger partial charge on any atom is -0.748 e. The molecular formula is C17H21N3O8S. The van der Waals surface area contributed by atoms with E-state index in [1.165, 1.54) is 22.9 Å². The zero-order valence-corrected chi connectivity index (χ0v) is 16.3. The van der Waals surface area contributed by atoms with E-state index >= 15 is 0 Å². The van der Waals surface area contributed by atoms with E-state index in [2.05, 4.69) is 5.32 Å². The fraction of sp³-hybridized carbons (Fsp3) is 0.235. The van der Waals surface area contributed by atoms with Gasteiger partial charge in [0.2, 0.25) is 0 Å². The maximum Gasteiger partial charge on any atom is 0.412 e. The Labute approximate surface area is 167 Å². The van der Waals surface area contributed by atoms with Crippen LogP contribution in [-0.4, -0.2) is 48.0 Å². The topological polar surface area (TPSA) is 183 Å². The largest absolute Gasteiger partial charge is 0.748 e. The lowest BCUT2D eigenvalue weighted by Crippen LogP contribution is -2.39. The lowest BCUT2D eigenvalue weighted by Gasteiger charge is -2.06. The van der Waals surface area contributed by atoms with Crippen molar-refractivity contribution in [3.05, 3.63) is 53.9 Å². The molecule has 2 amide bonds. The molecule has 1 aromatic heterocycles. The van der Waals surface area contributed by atoms with Crippen LogP contribution in [0.5, 0.6) is 11.5 Å². The van der Waals surface area contributed by atoms with E-state index in [0.717, 1.165) is 5.56 Å². The molecule has 11 nitrogen and oxygen atoms in total. The molecule has 0 saturated carbocycles. The second kappa shape index (κ2) is 10.8. The van der Waals surface area contributed by atoms with Gasteiger partial charge in [-0.25, -0.2) is 13.2 Å². The van der Waals surface area contributed by atoms with Gasteiger partial charge in [-0.2, -0.15) is 4.57 Å². The third-order valence-corrected chi connectivity index (χ3v) is 3.21. The molecule has 0 unspecified atom stereocenters. The van der Waals surface area contributed by atoms with E-state index in [9.17, 15) is 19.8 Å². The highest BCUT2D eigenvalue weighted by atomic mass is 32.2. The number of phenols is 2. The smallest absolute Gasteiger partial charge is 0.412 e. The maximum absolute atomic E-state index is 11.6. The normalized spacial score (nSPS) is 10.4. The number of aromatic nitrogens is 1. The number of aromatic hydroxyl groups is 2. The predicted octanol–water partition coefficient (Wildman–Crippen LogP) is -0.428. The number of pyridine rings is 1. The number of nitrogens with two attached hydrogens (primary N) is 1. The van der Waals surface area contributed by atoms with Gasteiger partial charge in [-0.15, -0.1) is 0 Å². The van der Waals surface area contributed by atoms with E-state index in [4.69, 9.17) is 23.4 Å². The summed E-state index contributed by atoms with van der Waals surface area (Å²) >= 11 is 0. The van der Waals surface area contributed by atoms with Gasteiger partial charge in [0.25, 0.3) is 12.6 Å². The highest BCUT2D eigenvalue weighted by molar-refractivity contribution is 7.84. The number of rotatable bonds is 6. The number of primary amides is 1. The first-order valence-electron chi connectivity index (χ1n) is 8.07. The average Bonchev–Trinajstić information content (AvgIpc) is 2.62. The molecule has 158 valence electrons. The summed E-state index contributed by atoms with van der Waals surface area (Å²) in [6.45, 7) is 0.238. The maximum atomic E-state index is 11.6. The summed E-state index contributed by atoms with van der Waals surface area (Å²) in [6.07, 6.45) is 3.57. The van der Waals surface area contributed by atoms with Crippen molar-refractivity contribution in [3.63, 3.8) is 0 Å². The van der Waals surface area contributed by atoms with Crippen molar-refractivity contribution < 1.29 is 42.1 Å². The Morgan fingerprint density at radius 2 is 1.90 bits per heavy atom. The molecule has 2 rings (SSSR count). The summed E-state index contributed by atoms with van der Waals surface area (Å²) in [5, 5.41) is 21.2. The van der Waals surface area contributed by atoms with Crippen LogP contribution in [0.1, 0.15) is 15.9 Å². The molecule has 0 atom stereocenters. The molecule has 1 aromatic carbocycles. The molecule has 0 bridgehead atoms. The fourth-order valence-corrected chi connectivity index (χ4v) is 1.97. The van der Waals surface area contributed by atoms with Crippen molar-refractivity contribution >= 4 is 22.1 Å². The molecule has 0 fully saturated rings. The third kappa shape index (κ3) is 10.5. The van der Waals surface area contributed by atoms with Gasteiger partial charge < -0.3 is 30.6 Å². The monoisotopic (exact) mass is 427 g/mol. The number of alkyl carbamates (subject to hydrolysis) is 1. The number of benzene rings is 1. The summed E-state index contributed by atoms with van der Waals surface area (Å²) < 4.78 is 33.8. The SMILES string of the molecule is CS(=O)(=O)[O-].NC(=O)c1ccc[n+](COC(=O)NCCc2ccc(O)c(O)c2)c1. The molecule has 0 aliphatic carbocycles. The van der Waals surface area contributed by atoms with Crippen LogP contribution in [0.25, 0.3) is 0 Å². The lowest BCUT2D eigenvalue weighted by molar-refractivity contribution is -0.727. The highest BCUT2D eigenvalue weighted by Crippen LogP contribution is 2.24. The molecule has 0 saturated heterocycles. The average molecular weight is 427 g/mol. The van der Waals surface area contributed by atoms with Gasteiger partial charge in [-0.3, -0.25) is 4.79 Å². The summed E-state index contributed by atoms with van der Waals surface area (Å²) in [5.41, 5.74) is 6.25. The minimum atomic E-state index is -3.92. The van der Waals surface area contributed by atoms with Crippen LogP contribution in [0.4, 0.5) is 4.79 Å². The Bertz CT molecular complexity index is 955. The first-order chi connectivity index (χ1) is 13.5. The van der Waals surface area contributed by atoms with Crippen LogP contribution in [0, 0.1) is 0 Å². The Kier molecular flexibility index (Phi) is 8.83. The summed E-state index contributed by atoms with van der Waals surface area (Å²) in [6, 6.07) is 7.64. The van der Waals surface area contributed by atoms with Crippen molar-refractivity contribution in [2.75, 3.05) is 12.8 Å². The van der Waals surface area contributed by atoms with E-state index in [-0.39, 0.29) is 18.2 Å². The van der Waals surface area contributed by atoms with Gasteiger partial charge >= 0.3 is 6.09 Å². The Morgan fingerprint density at radius 3 is 2.48 bits per heavy atom. The molecule has 5 N–H and O–H groups in total. The number of carbonyl (C=O) groups is 2. The molecule has 12 heteroatoms. The van der Waals surface area contributed by atoms with Gasteiger partial charge in [-0.1, -0.05) is 6.07 Å². The van der Waals surface area contributed by atoms with Crippen LogP contribution in [0.2, 0.25) is 0 Å². The van der Waals surface area contributed by atoms with Crippen LogP contribution in [0.3, 0.4) is 0 Å². The van der Waals surface area contributed by atoms with E-state index in [1.54, 1.807) is 24.4 Å². The zero-order chi connectivity index (χ0) is 22.0. The summed E-state index contributed by atoms with van der Waals surface area (Å²) in [4.78, 5) is 22.7. The molecule has 2 aromatic rings. The molecule has 29 heavy (non-hydrogen) atoms. The molecule has 0 aliphatic heterocycles. The Morgan fingerprint density at radius 1 is 1.24 bits per heavy atom. The minimum absolute atomic E-state index is 0.0625.